The van der Waals surface area contributed by atoms with Crippen LogP contribution in [-0.2, 0) is 21.4 Å². The molecule has 1 amide bonds. The lowest BCUT2D eigenvalue weighted by Gasteiger charge is -2.24. The fourth-order valence-corrected chi connectivity index (χ4v) is 4.37. The van der Waals surface area contributed by atoms with Crippen LogP contribution < -0.4 is 9.62 Å². The average molecular weight is 447 g/mol. The monoisotopic (exact) mass is 446 g/mol. The van der Waals surface area contributed by atoms with Gasteiger partial charge in [0.25, 0.3) is 10.0 Å². The highest BCUT2D eigenvalue weighted by atomic mass is 35.5. The molecule has 0 atom stereocenters. The fourth-order valence-electron chi connectivity index (χ4n) is 2.76. The molecule has 0 bridgehead atoms. The van der Waals surface area contributed by atoms with Crippen molar-refractivity contribution >= 4 is 33.2 Å². The van der Waals surface area contributed by atoms with Crippen LogP contribution >= 0.6 is 11.6 Å². The zero-order valence-electron chi connectivity index (χ0n) is 16.2. The van der Waals surface area contributed by atoms with Gasteiger partial charge in [-0.3, -0.25) is 9.10 Å². The van der Waals surface area contributed by atoms with Gasteiger partial charge in [0.1, 0.15) is 12.4 Å². The van der Waals surface area contributed by atoms with Crippen molar-refractivity contribution in [3.8, 4) is 0 Å². The van der Waals surface area contributed by atoms with Crippen LogP contribution in [0.25, 0.3) is 0 Å². The standard InChI is InChI=1S/C22H20ClFN2O3S/c1-16-7-12-19(13-21(16)23)26(30(28,29)20-5-3-2-4-6-20)15-22(27)25-14-17-8-10-18(24)11-9-17/h2-13H,14-15H2,1H3,(H,25,27). The summed E-state index contributed by atoms with van der Waals surface area (Å²) in [7, 11) is -4.00. The average Bonchev–Trinajstić information content (AvgIpc) is 2.74. The smallest absolute Gasteiger partial charge is 0.264 e. The third-order valence-corrected chi connectivity index (χ3v) is 6.66. The quantitative estimate of drug-likeness (QED) is 0.588. The van der Waals surface area contributed by atoms with Crippen LogP contribution in [-0.4, -0.2) is 20.9 Å². The summed E-state index contributed by atoms with van der Waals surface area (Å²) in [6.45, 7) is 1.52. The molecule has 0 saturated heterocycles. The Morgan fingerprint density at radius 2 is 1.70 bits per heavy atom. The van der Waals surface area contributed by atoms with Gasteiger partial charge in [-0.2, -0.15) is 0 Å². The number of hydrogen-bond donors (Lipinski definition) is 1. The Labute approximate surface area is 180 Å². The second-order valence-corrected chi connectivity index (χ2v) is 8.93. The summed E-state index contributed by atoms with van der Waals surface area (Å²) in [4.78, 5) is 12.6. The maximum absolute atomic E-state index is 13.2. The van der Waals surface area contributed by atoms with Gasteiger partial charge in [0.05, 0.1) is 10.6 Å². The van der Waals surface area contributed by atoms with Gasteiger partial charge in [-0.15, -0.1) is 0 Å². The topological polar surface area (TPSA) is 66.5 Å². The van der Waals surface area contributed by atoms with Crippen LogP contribution in [0.4, 0.5) is 10.1 Å². The number of hydrogen-bond acceptors (Lipinski definition) is 3. The summed E-state index contributed by atoms with van der Waals surface area (Å²) < 4.78 is 40.5. The minimum atomic E-state index is -4.00. The number of carbonyl (C=O) groups is 1. The van der Waals surface area contributed by atoms with Crippen molar-refractivity contribution in [2.75, 3.05) is 10.8 Å². The van der Waals surface area contributed by atoms with Crippen LogP contribution in [0, 0.1) is 12.7 Å². The van der Waals surface area contributed by atoms with Gasteiger partial charge in [0.2, 0.25) is 5.91 Å². The largest absolute Gasteiger partial charge is 0.350 e. The number of rotatable bonds is 7. The lowest BCUT2D eigenvalue weighted by Crippen LogP contribution is -2.40. The second kappa shape index (κ2) is 9.28. The molecule has 0 heterocycles. The molecule has 30 heavy (non-hydrogen) atoms. The van der Waals surface area contributed by atoms with Gasteiger partial charge >= 0.3 is 0 Å². The molecule has 0 aliphatic heterocycles. The highest BCUT2D eigenvalue weighted by molar-refractivity contribution is 7.92. The Hall–Kier alpha value is -2.90. The van der Waals surface area contributed by atoms with Crippen molar-refractivity contribution in [2.45, 2.75) is 18.4 Å². The number of carbonyl (C=O) groups excluding carboxylic acids is 1. The molecule has 0 aliphatic carbocycles. The van der Waals surface area contributed by atoms with Gasteiger partial charge in [0.15, 0.2) is 0 Å². The van der Waals surface area contributed by atoms with E-state index in [1.54, 1.807) is 49.4 Å². The normalized spacial score (nSPS) is 11.2. The Kier molecular flexibility index (Phi) is 6.74. The Balaban J connectivity index is 1.86. The summed E-state index contributed by atoms with van der Waals surface area (Å²) in [5.74, 6) is -0.878. The molecule has 5 nitrogen and oxygen atoms in total. The third-order valence-electron chi connectivity index (χ3n) is 4.46. The van der Waals surface area contributed by atoms with Crippen molar-refractivity contribution < 1.29 is 17.6 Å². The van der Waals surface area contributed by atoms with Crippen molar-refractivity contribution in [1.29, 1.82) is 0 Å². The molecule has 0 radical (unpaired) electrons. The molecule has 0 aromatic heterocycles. The number of nitrogens with one attached hydrogen (secondary N) is 1. The predicted octanol–water partition coefficient (Wildman–Crippen LogP) is 4.30. The van der Waals surface area contributed by atoms with E-state index in [1.807, 2.05) is 0 Å². The van der Waals surface area contributed by atoms with E-state index < -0.39 is 22.5 Å². The maximum atomic E-state index is 13.2. The summed E-state index contributed by atoms with van der Waals surface area (Å²) in [6, 6.07) is 18.4. The Bertz CT molecular complexity index is 1140. The maximum Gasteiger partial charge on any atom is 0.264 e. The molecule has 0 fully saturated rings. The molecule has 3 aromatic rings. The lowest BCUT2D eigenvalue weighted by molar-refractivity contribution is -0.119. The van der Waals surface area contributed by atoms with Gasteiger partial charge in [-0.25, -0.2) is 12.8 Å². The molecule has 0 unspecified atom stereocenters. The van der Waals surface area contributed by atoms with E-state index in [4.69, 9.17) is 11.6 Å². The number of amides is 1. The minimum Gasteiger partial charge on any atom is -0.350 e. The highest BCUT2D eigenvalue weighted by Crippen LogP contribution is 2.27. The van der Waals surface area contributed by atoms with Crippen molar-refractivity contribution in [2.24, 2.45) is 0 Å². The van der Waals surface area contributed by atoms with Gasteiger partial charge in [0, 0.05) is 11.6 Å². The lowest BCUT2D eigenvalue weighted by atomic mass is 10.2. The molecule has 0 aliphatic rings. The number of aryl methyl sites for hydroxylation is 1. The predicted molar refractivity (Wildman–Crippen MR) is 115 cm³/mol. The number of sulfonamides is 1. The van der Waals surface area contributed by atoms with Crippen molar-refractivity contribution in [3.05, 3.63) is 94.8 Å². The molecule has 3 aromatic carbocycles. The molecule has 0 spiro atoms. The van der Waals surface area contributed by atoms with E-state index in [2.05, 4.69) is 5.32 Å². The van der Waals surface area contributed by atoms with Crippen molar-refractivity contribution in [1.82, 2.24) is 5.32 Å². The van der Waals surface area contributed by atoms with Crippen LogP contribution in [0.3, 0.4) is 0 Å². The second-order valence-electron chi connectivity index (χ2n) is 6.66. The summed E-state index contributed by atoms with van der Waals surface area (Å²) in [6.07, 6.45) is 0. The fraction of sp³-hybridized carbons (Fsp3) is 0.136. The minimum absolute atomic E-state index is 0.0630. The van der Waals surface area contributed by atoms with E-state index in [0.717, 1.165) is 9.87 Å². The van der Waals surface area contributed by atoms with E-state index >= 15 is 0 Å². The molecule has 8 heteroatoms. The van der Waals surface area contributed by atoms with Gasteiger partial charge < -0.3 is 5.32 Å². The number of nitrogens with zero attached hydrogens (tertiary/aromatic N) is 1. The van der Waals surface area contributed by atoms with E-state index in [1.165, 1.54) is 30.3 Å². The van der Waals surface area contributed by atoms with Crippen LogP contribution in [0.5, 0.6) is 0 Å². The highest BCUT2D eigenvalue weighted by Gasteiger charge is 2.27. The first kappa shape index (κ1) is 21.8. The van der Waals surface area contributed by atoms with Crippen LogP contribution in [0.15, 0.2) is 77.7 Å². The van der Waals surface area contributed by atoms with E-state index in [9.17, 15) is 17.6 Å². The zero-order chi connectivity index (χ0) is 21.7. The SMILES string of the molecule is Cc1ccc(N(CC(=O)NCc2ccc(F)cc2)S(=O)(=O)c2ccccc2)cc1Cl. The van der Waals surface area contributed by atoms with Gasteiger partial charge in [-0.1, -0.05) is 48.0 Å². The number of anilines is 1. The van der Waals surface area contributed by atoms with Crippen LogP contribution in [0.1, 0.15) is 11.1 Å². The van der Waals surface area contributed by atoms with E-state index in [0.29, 0.717) is 10.6 Å². The molecule has 156 valence electrons. The molecular formula is C22H20ClFN2O3S. The first-order valence-electron chi connectivity index (χ1n) is 9.12. The molecule has 3 rings (SSSR count). The molecule has 0 saturated carbocycles. The zero-order valence-corrected chi connectivity index (χ0v) is 17.8. The summed E-state index contributed by atoms with van der Waals surface area (Å²) in [5, 5.41) is 3.06. The first-order valence-corrected chi connectivity index (χ1v) is 10.9. The molecule has 1 N–H and O–H groups in total. The van der Waals surface area contributed by atoms with E-state index in [-0.39, 0.29) is 22.9 Å². The summed E-state index contributed by atoms with van der Waals surface area (Å²) in [5.41, 5.74) is 1.77. The van der Waals surface area contributed by atoms with Crippen LogP contribution in [0.2, 0.25) is 5.02 Å². The Morgan fingerprint density at radius 1 is 1.03 bits per heavy atom. The van der Waals surface area contributed by atoms with Crippen molar-refractivity contribution in [3.63, 3.8) is 0 Å². The Morgan fingerprint density at radius 3 is 2.33 bits per heavy atom. The first-order chi connectivity index (χ1) is 14.3. The number of halogens is 2. The van der Waals surface area contributed by atoms with Gasteiger partial charge in [-0.05, 0) is 54.4 Å². The third kappa shape index (κ3) is 5.17. The number of benzene rings is 3. The molecular weight excluding hydrogens is 427 g/mol. The summed E-state index contributed by atoms with van der Waals surface area (Å²) >= 11 is 6.19.